The standard InChI is InChI=1S/C12H8BrCl3N2O2S/c13-8-2-1-7(5-9(8)15)18-21(19,20)12-10(16)3-6(14)4-11(12)17/h1-5,18H,17H2. The molecule has 0 saturated carbocycles. The molecule has 0 heterocycles. The number of nitrogens with two attached hydrogens (primary N) is 1. The summed E-state index contributed by atoms with van der Waals surface area (Å²) in [6, 6.07) is 7.25. The molecule has 0 radical (unpaired) electrons. The summed E-state index contributed by atoms with van der Waals surface area (Å²) < 4.78 is 27.8. The molecule has 9 heteroatoms. The quantitative estimate of drug-likeness (QED) is 0.688. The Labute approximate surface area is 145 Å². The summed E-state index contributed by atoms with van der Waals surface area (Å²) in [6.07, 6.45) is 0. The zero-order valence-corrected chi connectivity index (χ0v) is 14.9. The molecule has 112 valence electrons. The fraction of sp³-hybridized carbons (Fsp3) is 0. The van der Waals surface area contributed by atoms with E-state index in [0.717, 1.165) is 0 Å². The zero-order valence-electron chi connectivity index (χ0n) is 10.2. The van der Waals surface area contributed by atoms with Gasteiger partial charge in [0.1, 0.15) is 4.90 Å². The summed E-state index contributed by atoms with van der Waals surface area (Å²) >= 11 is 20.8. The van der Waals surface area contributed by atoms with Crippen molar-refractivity contribution < 1.29 is 8.42 Å². The maximum atomic E-state index is 12.4. The monoisotopic (exact) mass is 428 g/mol. The summed E-state index contributed by atoms with van der Waals surface area (Å²) in [5.41, 5.74) is 5.94. The van der Waals surface area contributed by atoms with Crippen molar-refractivity contribution in [2.75, 3.05) is 10.5 Å². The Bertz CT molecular complexity index is 789. The second-order valence-electron chi connectivity index (χ2n) is 4.04. The van der Waals surface area contributed by atoms with Crippen LogP contribution in [0.15, 0.2) is 39.7 Å². The number of rotatable bonds is 3. The highest BCUT2D eigenvalue weighted by Gasteiger charge is 2.22. The molecule has 2 rings (SSSR count). The summed E-state index contributed by atoms with van der Waals surface area (Å²) in [7, 11) is -3.96. The third kappa shape index (κ3) is 3.76. The van der Waals surface area contributed by atoms with Crippen LogP contribution in [-0.2, 0) is 10.0 Å². The van der Waals surface area contributed by atoms with Crippen LogP contribution in [-0.4, -0.2) is 8.42 Å². The lowest BCUT2D eigenvalue weighted by Gasteiger charge is -2.12. The van der Waals surface area contributed by atoms with E-state index in [1.165, 1.54) is 18.2 Å². The van der Waals surface area contributed by atoms with Crippen molar-refractivity contribution in [3.63, 3.8) is 0 Å². The molecule has 3 N–H and O–H groups in total. The highest BCUT2D eigenvalue weighted by molar-refractivity contribution is 9.10. The first-order valence-electron chi connectivity index (χ1n) is 5.43. The van der Waals surface area contributed by atoms with Gasteiger partial charge in [-0.15, -0.1) is 0 Å². The van der Waals surface area contributed by atoms with E-state index in [0.29, 0.717) is 9.50 Å². The van der Waals surface area contributed by atoms with Crippen LogP contribution in [0.4, 0.5) is 11.4 Å². The Morgan fingerprint density at radius 1 is 1.05 bits per heavy atom. The lowest BCUT2D eigenvalue weighted by Crippen LogP contribution is -2.15. The minimum atomic E-state index is -3.96. The van der Waals surface area contributed by atoms with Gasteiger partial charge in [-0.3, -0.25) is 4.72 Å². The van der Waals surface area contributed by atoms with Gasteiger partial charge in [-0.2, -0.15) is 0 Å². The molecule has 0 fully saturated rings. The van der Waals surface area contributed by atoms with E-state index in [9.17, 15) is 8.42 Å². The number of halogens is 4. The molecule has 0 aliphatic heterocycles. The van der Waals surface area contributed by atoms with Gasteiger partial charge in [-0.05, 0) is 46.3 Å². The van der Waals surface area contributed by atoms with E-state index in [-0.39, 0.29) is 26.3 Å². The molecule has 4 nitrogen and oxygen atoms in total. The van der Waals surface area contributed by atoms with Crippen LogP contribution in [0.25, 0.3) is 0 Å². The van der Waals surface area contributed by atoms with Gasteiger partial charge in [0.25, 0.3) is 10.0 Å². The Balaban J connectivity index is 2.46. The molecule has 2 aromatic rings. The Hall–Kier alpha value is -0.660. The Morgan fingerprint density at radius 2 is 1.71 bits per heavy atom. The van der Waals surface area contributed by atoms with Crippen LogP contribution in [0.5, 0.6) is 0 Å². The number of benzene rings is 2. The van der Waals surface area contributed by atoms with Crippen molar-refractivity contribution in [1.29, 1.82) is 0 Å². The maximum absolute atomic E-state index is 12.4. The number of nitrogens with one attached hydrogen (secondary N) is 1. The summed E-state index contributed by atoms with van der Waals surface area (Å²) in [6.45, 7) is 0. The molecule has 0 atom stereocenters. The van der Waals surface area contributed by atoms with Gasteiger partial charge in [0.2, 0.25) is 0 Å². The number of hydrogen-bond acceptors (Lipinski definition) is 3. The van der Waals surface area contributed by atoms with Crippen LogP contribution in [0, 0.1) is 0 Å². The van der Waals surface area contributed by atoms with Crippen LogP contribution in [0.2, 0.25) is 15.1 Å². The lowest BCUT2D eigenvalue weighted by atomic mass is 10.3. The first-order chi connectivity index (χ1) is 9.70. The van der Waals surface area contributed by atoms with Crippen molar-refractivity contribution in [3.8, 4) is 0 Å². The van der Waals surface area contributed by atoms with E-state index >= 15 is 0 Å². The third-order valence-corrected chi connectivity index (χ3v) is 5.84. The summed E-state index contributed by atoms with van der Waals surface area (Å²) in [5.74, 6) is 0. The van der Waals surface area contributed by atoms with Crippen LogP contribution >= 0.6 is 50.7 Å². The summed E-state index contributed by atoms with van der Waals surface area (Å²) in [4.78, 5) is -0.229. The molecule has 0 amide bonds. The van der Waals surface area contributed by atoms with Gasteiger partial charge in [-0.1, -0.05) is 34.8 Å². The molecule has 0 spiro atoms. The topological polar surface area (TPSA) is 72.2 Å². The van der Waals surface area contributed by atoms with Crippen molar-refractivity contribution in [1.82, 2.24) is 0 Å². The number of nitrogen functional groups attached to an aromatic ring is 1. The smallest absolute Gasteiger partial charge is 0.265 e. The molecule has 0 bridgehead atoms. The minimum absolute atomic E-state index is 0.0387. The molecular formula is C12H8BrCl3N2O2S. The van der Waals surface area contributed by atoms with Gasteiger partial charge >= 0.3 is 0 Å². The molecule has 0 aromatic heterocycles. The van der Waals surface area contributed by atoms with Crippen LogP contribution in [0.3, 0.4) is 0 Å². The SMILES string of the molecule is Nc1cc(Cl)cc(Cl)c1S(=O)(=O)Nc1ccc(Br)c(Cl)c1. The average Bonchev–Trinajstić information content (AvgIpc) is 2.31. The first-order valence-corrected chi connectivity index (χ1v) is 8.84. The second-order valence-corrected chi connectivity index (χ2v) is 7.76. The normalized spacial score (nSPS) is 11.4. The number of sulfonamides is 1. The van der Waals surface area contributed by atoms with Crippen molar-refractivity contribution in [2.45, 2.75) is 4.90 Å². The predicted octanol–water partition coefficient (Wildman–Crippen LogP) is 4.79. The number of hydrogen-bond donors (Lipinski definition) is 2. The molecule has 0 saturated heterocycles. The van der Waals surface area contributed by atoms with E-state index in [1.54, 1.807) is 12.1 Å². The fourth-order valence-electron chi connectivity index (χ4n) is 1.63. The Kier molecular flexibility index (Phi) is 4.95. The van der Waals surface area contributed by atoms with Gasteiger partial charge in [0.15, 0.2) is 0 Å². The van der Waals surface area contributed by atoms with E-state index < -0.39 is 10.0 Å². The van der Waals surface area contributed by atoms with Crippen LogP contribution < -0.4 is 10.5 Å². The fourth-order valence-corrected chi connectivity index (χ4v) is 4.09. The van der Waals surface area contributed by atoms with E-state index in [1.807, 2.05) is 0 Å². The van der Waals surface area contributed by atoms with Crippen molar-refractivity contribution in [3.05, 3.63) is 49.9 Å². The lowest BCUT2D eigenvalue weighted by molar-refractivity contribution is 0.601. The minimum Gasteiger partial charge on any atom is -0.398 e. The van der Waals surface area contributed by atoms with Crippen molar-refractivity contribution in [2.24, 2.45) is 0 Å². The Morgan fingerprint density at radius 3 is 2.29 bits per heavy atom. The molecular weight excluding hydrogens is 422 g/mol. The first kappa shape index (κ1) is 16.7. The molecule has 0 aliphatic rings. The number of anilines is 2. The average molecular weight is 431 g/mol. The molecule has 0 unspecified atom stereocenters. The van der Waals surface area contributed by atoms with Crippen LogP contribution in [0.1, 0.15) is 0 Å². The second kappa shape index (κ2) is 6.22. The molecule has 2 aromatic carbocycles. The van der Waals surface area contributed by atoms with E-state index in [4.69, 9.17) is 40.5 Å². The maximum Gasteiger partial charge on any atom is 0.265 e. The van der Waals surface area contributed by atoms with Gasteiger partial charge in [0, 0.05) is 9.50 Å². The van der Waals surface area contributed by atoms with E-state index in [2.05, 4.69) is 20.7 Å². The predicted molar refractivity (Wildman–Crippen MR) is 90.8 cm³/mol. The zero-order chi connectivity index (χ0) is 15.8. The highest BCUT2D eigenvalue weighted by Crippen LogP contribution is 2.33. The van der Waals surface area contributed by atoms with Crippen molar-refractivity contribution >= 4 is 72.1 Å². The van der Waals surface area contributed by atoms with Gasteiger partial charge < -0.3 is 5.73 Å². The van der Waals surface area contributed by atoms with Gasteiger partial charge in [-0.25, -0.2) is 8.42 Å². The van der Waals surface area contributed by atoms with Gasteiger partial charge in [0.05, 0.1) is 21.4 Å². The third-order valence-electron chi connectivity index (χ3n) is 2.48. The molecule has 21 heavy (non-hydrogen) atoms. The largest absolute Gasteiger partial charge is 0.398 e. The summed E-state index contributed by atoms with van der Waals surface area (Å²) in [5, 5.41) is 0.559. The molecule has 0 aliphatic carbocycles. The highest BCUT2D eigenvalue weighted by atomic mass is 79.9.